The number of hydrogen-bond donors (Lipinski definition) is 2. The number of aromatic nitrogens is 2. The van der Waals surface area contributed by atoms with Gasteiger partial charge in [-0.3, -0.25) is 9.78 Å². The number of rotatable bonds is 6. The molecule has 0 amide bonds. The fraction of sp³-hybridized carbons (Fsp3) is 0.333. The van der Waals surface area contributed by atoms with Gasteiger partial charge in [-0.1, -0.05) is 24.6 Å². The Hall–Kier alpha value is -2.20. The maximum absolute atomic E-state index is 12.4. The molecule has 3 rings (SSSR count). The van der Waals surface area contributed by atoms with Gasteiger partial charge in [0.1, 0.15) is 5.69 Å². The van der Waals surface area contributed by atoms with E-state index in [1.165, 1.54) is 0 Å². The van der Waals surface area contributed by atoms with Crippen LogP contribution in [0.25, 0.3) is 21.8 Å². The molecule has 0 saturated heterocycles. The van der Waals surface area contributed by atoms with Crippen molar-refractivity contribution in [3.05, 3.63) is 42.2 Å². The average molecular weight is 296 g/mol. The zero-order chi connectivity index (χ0) is 15.5. The Bertz CT molecular complexity index is 805. The van der Waals surface area contributed by atoms with E-state index in [0.29, 0.717) is 12.1 Å². The fourth-order valence-electron chi connectivity index (χ4n) is 2.83. The highest BCUT2D eigenvalue weighted by atomic mass is 16.3. The van der Waals surface area contributed by atoms with E-state index in [1.54, 1.807) is 13.1 Å². The van der Waals surface area contributed by atoms with Crippen LogP contribution in [-0.2, 0) is 0 Å². The van der Waals surface area contributed by atoms with Crippen molar-refractivity contribution in [3.8, 4) is 0 Å². The van der Waals surface area contributed by atoms with Crippen molar-refractivity contribution in [2.24, 2.45) is 0 Å². The van der Waals surface area contributed by atoms with E-state index in [4.69, 9.17) is 0 Å². The number of ketones is 1. The molecule has 0 saturated carbocycles. The highest BCUT2D eigenvalue weighted by Crippen LogP contribution is 2.27. The number of aliphatic hydroxyl groups excluding tert-OH is 1. The Balaban J connectivity index is 1.86. The first-order chi connectivity index (χ1) is 10.7. The molecule has 0 spiro atoms. The third-order valence-corrected chi connectivity index (χ3v) is 3.97. The van der Waals surface area contributed by atoms with Gasteiger partial charge in [-0.15, -0.1) is 0 Å². The molecule has 0 unspecified atom stereocenters. The number of unbranched alkanes of at least 4 members (excludes halogenated alkanes) is 1. The summed E-state index contributed by atoms with van der Waals surface area (Å²) < 4.78 is 0. The summed E-state index contributed by atoms with van der Waals surface area (Å²) in [6, 6.07) is 9.96. The summed E-state index contributed by atoms with van der Waals surface area (Å²) in [6.45, 7) is 1.77. The maximum atomic E-state index is 12.4. The van der Waals surface area contributed by atoms with E-state index >= 15 is 0 Å². The lowest BCUT2D eigenvalue weighted by molar-refractivity contribution is 0.0973. The number of benzene rings is 1. The molecule has 2 N–H and O–H groups in total. The topological polar surface area (TPSA) is 66.0 Å². The summed E-state index contributed by atoms with van der Waals surface area (Å²) >= 11 is 0. The number of nitrogens with one attached hydrogen (secondary N) is 1. The second kappa shape index (κ2) is 6.28. The first-order valence-electron chi connectivity index (χ1n) is 7.73. The number of aliphatic hydroxyl groups is 1. The zero-order valence-electron chi connectivity index (χ0n) is 12.7. The van der Waals surface area contributed by atoms with Gasteiger partial charge < -0.3 is 10.1 Å². The molecule has 0 bridgehead atoms. The summed E-state index contributed by atoms with van der Waals surface area (Å²) in [5.41, 5.74) is 2.36. The van der Waals surface area contributed by atoms with E-state index in [0.717, 1.165) is 41.1 Å². The number of carbonyl (C=O) groups excluding carboxylic acids is 1. The number of Topliss-reactive ketones (excluding diaryl/α,β-unsaturated/α-hetero) is 1. The van der Waals surface area contributed by atoms with Gasteiger partial charge in [0, 0.05) is 28.9 Å². The number of aromatic amines is 1. The van der Waals surface area contributed by atoms with Crippen LogP contribution < -0.4 is 0 Å². The van der Waals surface area contributed by atoms with Crippen LogP contribution in [0.3, 0.4) is 0 Å². The lowest BCUT2D eigenvalue weighted by Gasteiger charge is -2.04. The monoisotopic (exact) mass is 296 g/mol. The van der Waals surface area contributed by atoms with Crippen LogP contribution in [0.15, 0.2) is 36.5 Å². The van der Waals surface area contributed by atoms with Crippen LogP contribution in [0, 0.1) is 0 Å². The number of carbonyl (C=O) groups is 1. The van der Waals surface area contributed by atoms with Crippen molar-refractivity contribution in [2.75, 3.05) is 0 Å². The number of pyridine rings is 1. The Labute approximate surface area is 129 Å². The molecule has 1 aromatic carbocycles. The molecular formula is C18H20N2O2. The highest BCUT2D eigenvalue weighted by Gasteiger charge is 2.14. The number of hydrogen-bond acceptors (Lipinski definition) is 3. The molecule has 1 atom stereocenters. The lowest BCUT2D eigenvalue weighted by atomic mass is 10.1. The Morgan fingerprint density at radius 2 is 2.05 bits per heavy atom. The lowest BCUT2D eigenvalue weighted by Crippen LogP contribution is -2.04. The fourth-order valence-corrected chi connectivity index (χ4v) is 2.83. The van der Waals surface area contributed by atoms with Crippen LogP contribution >= 0.6 is 0 Å². The quantitative estimate of drug-likeness (QED) is 0.536. The smallest absolute Gasteiger partial charge is 0.183 e. The molecule has 0 fully saturated rings. The van der Waals surface area contributed by atoms with Gasteiger partial charge in [-0.2, -0.15) is 0 Å². The van der Waals surface area contributed by atoms with E-state index in [-0.39, 0.29) is 11.9 Å². The predicted molar refractivity (Wildman–Crippen MR) is 88.1 cm³/mol. The van der Waals surface area contributed by atoms with Gasteiger partial charge in [0.15, 0.2) is 5.78 Å². The zero-order valence-corrected chi connectivity index (χ0v) is 12.7. The molecule has 2 heterocycles. The van der Waals surface area contributed by atoms with E-state index in [2.05, 4.69) is 9.97 Å². The van der Waals surface area contributed by atoms with Gasteiger partial charge in [0.25, 0.3) is 0 Å². The largest absolute Gasteiger partial charge is 0.393 e. The molecule has 0 aliphatic heterocycles. The number of fused-ring (bicyclic) bond motifs is 3. The highest BCUT2D eigenvalue weighted by molar-refractivity contribution is 6.14. The van der Waals surface area contributed by atoms with Crippen molar-refractivity contribution in [1.82, 2.24) is 9.97 Å². The Morgan fingerprint density at radius 1 is 1.23 bits per heavy atom. The molecule has 0 aliphatic carbocycles. The third-order valence-electron chi connectivity index (χ3n) is 3.97. The second-order valence-corrected chi connectivity index (χ2v) is 5.77. The summed E-state index contributed by atoms with van der Waals surface area (Å²) in [6.07, 6.45) is 4.23. The van der Waals surface area contributed by atoms with Crippen molar-refractivity contribution in [2.45, 2.75) is 38.7 Å². The molecule has 4 heteroatoms. The molecule has 2 aromatic heterocycles. The van der Waals surface area contributed by atoms with Crippen molar-refractivity contribution in [1.29, 1.82) is 0 Å². The first kappa shape index (κ1) is 14.7. The van der Waals surface area contributed by atoms with Gasteiger partial charge in [-0.25, -0.2) is 0 Å². The van der Waals surface area contributed by atoms with Crippen LogP contribution in [0.2, 0.25) is 0 Å². The van der Waals surface area contributed by atoms with Crippen molar-refractivity contribution >= 4 is 27.6 Å². The number of nitrogens with zero attached hydrogens (tertiary/aromatic N) is 1. The summed E-state index contributed by atoms with van der Waals surface area (Å²) in [5.74, 6) is 0.0581. The van der Waals surface area contributed by atoms with Gasteiger partial charge in [0.2, 0.25) is 0 Å². The third kappa shape index (κ3) is 2.88. The van der Waals surface area contributed by atoms with E-state index < -0.39 is 0 Å². The average Bonchev–Trinajstić information content (AvgIpc) is 2.89. The van der Waals surface area contributed by atoms with Crippen LogP contribution in [0.4, 0.5) is 0 Å². The van der Waals surface area contributed by atoms with Crippen LogP contribution in [0.5, 0.6) is 0 Å². The normalized spacial score (nSPS) is 12.8. The summed E-state index contributed by atoms with van der Waals surface area (Å²) in [7, 11) is 0. The minimum absolute atomic E-state index is 0.0581. The minimum Gasteiger partial charge on any atom is -0.393 e. The number of H-pyrrole nitrogens is 1. The van der Waals surface area contributed by atoms with Crippen LogP contribution in [0.1, 0.15) is 43.1 Å². The maximum Gasteiger partial charge on any atom is 0.183 e. The molecule has 0 radical (unpaired) electrons. The van der Waals surface area contributed by atoms with E-state index in [9.17, 15) is 9.90 Å². The number of para-hydroxylation sites is 1. The molecular weight excluding hydrogens is 276 g/mol. The van der Waals surface area contributed by atoms with E-state index in [1.807, 2.05) is 30.3 Å². The van der Waals surface area contributed by atoms with Gasteiger partial charge in [0.05, 0.1) is 11.6 Å². The second-order valence-electron chi connectivity index (χ2n) is 5.77. The van der Waals surface area contributed by atoms with Crippen LogP contribution in [-0.4, -0.2) is 27.0 Å². The molecule has 3 aromatic rings. The van der Waals surface area contributed by atoms with Crippen molar-refractivity contribution < 1.29 is 9.90 Å². The standard InChI is InChI=1S/C18H20N2O2/c1-12(21)6-2-5-9-16(22)18-17-14(10-11-19-18)13-7-3-4-8-15(13)20-17/h3-4,7-8,10-12,20-21H,2,5-6,9H2,1H3/t12-/m1/s1. The van der Waals surface area contributed by atoms with Gasteiger partial charge in [-0.05, 0) is 31.9 Å². The van der Waals surface area contributed by atoms with Gasteiger partial charge >= 0.3 is 0 Å². The first-order valence-corrected chi connectivity index (χ1v) is 7.73. The predicted octanol–water partition coefficient (Wildman–Crippen LogP) is 3.84. The molecule has 0 aliphatic rings. The summed E-state index contributed by atoms with van der Waals surface area (Å²) in [4.78, 5) is 20.0. The Morgan fingerprint density at radius 3 is 2.86 bits per heavy atom. The molecule has 22 heavy (non-hydrogen) atoms. The van der Waals surface area contributed by atoms with Crippen molar-refractivity contribution in [3.63, 3.8) is 0 Å². The summed E-state index contributed by atoms with van der Waals surface area (Å²) in [5, 5.41) is 11.4. The minimum atomic E-state index is -0.301. The Kier molecular flexibility index (Phi) is 4.20. The molecule has 4 nitrogen and oxygen atoms in total. The molecule has 114 valence electrons. The SMILES string of the molecule is C[C@@H](O)CCCCC(=O)c1nccc2c1[nH]c1ccccc12.